The van der Waals surface area contributed by atoms with E-state index in [9.17, 15) is 4.79 Å². The highest BCUT2D eigenvalue weighted by molar-refractivity contribution is 5.73. The zero-order valence-electron chi connectivity index (χ0n) is 14.8. The summed E-state index contributed by atoms with van der Waals surface area (Å²) in [6.45, 7) is 2.77. The van der Waals surface area contributed by atoms with Crippen molar-refractivity contribution < 1.29 is 14.6 Å². The second kappa shape index (κ2) is 8.67. The van der Waals surface area contributed by atoms with Gasteiger partial charge in [0.05, 0.1) is 6.61 Å². The van der Waals surface area contributed by atoms with E-state index in [-0.39, 0.29) is 0 Å². The van der Waals surface area contributed by atoms with Gasteiger partial charge in [-0.1, -0.05) is 12.1 Å². The van der Waals surface area contributed by atoms with Crippen molar-refractivity contribution in [2.45, 2.75) is 25.3 Å². The summed E-state index contributed by atoms with van der Waals surface area (Å²) in [4.78, 5) is 17.3. The first-order chi connectivity index (χ1) is 12.6. The number of ether oxygens (including phenoxy) is 1. The number of rotatable bonds is 7. The smallest absolute Gasteiger partial charge is 0.320 e. The third kappa shape index (κ3) is 4.95. The normalized spacial score (nSPS) is 16.3. The molecule has 1 aliphatic heterocycles. The maximum absolute atomic E-state index is 10.8. The van der Waals surface area contributed by atoms with Crippen LogP contribution in [0.3, 0.4) is 0 Å². The van der Waals surface area contributed by atoms with Crippen LogP contribution in [0, 0.1) is 5.92 Å². The Morgan fingerprint density at radius 2 is 1.85 bits per heavy atom. The first kappa shape index (κ1) is 18.2. The molecule has 0 aliphatic carbocycles. The quantitative estimate of drug-likeness (QED) is 0.792. The molecule has 1 fully saturated rings. The number of hydrogen-bond donors (Lipinski definition) is 2. The van der Waals surface area contributed by atoms with Gasteiger partial charge in [-0.05, 0) is 55.0 Å². The first-order valence-corrected chi connectivity index (χ1v) is 8.97. The zero-order chi connectivity index (χ0) is 18.4. The summed E-state index contributed by atoms with van der Waals surface area (Å²) >= 11 is 0. The number of carbonyl (C=O) groups is 1. The largest absolute Gasteiger partial charge is 0.493 e. The van der Waals surface area contributed by atoms with E-state index in [0.717, 1.165) is 37.2 Å². The number of pyridine rings is 1. The van der Waals surface area contributed by atoms with Crippen LogP contribution in [0.2, 0.25) is 0 Å². The summed E-state index contributed by atoms with van der Waals surface area (Å²) in [6, 6.07) is 10.8. The summed E-state index contributed by atoms with van der Waals surface area (Å²) in [7, 11) is 0. The summed E-state index contributed by atoms with van der Waals surface area (Å²) < 4.78 is 5.92. The van der Waals surface area contributed by atoms with Crippen molar-refractivity contribution in [3.8, 4) is 5.75 Å². The van der Waals surface area contributed by atoms with E-state index in [0.29, 0.717) is 18.9 Å². The lowest BCUT2D eigenvalue weighted by atomic mass is 9.97. The molecule has 1 saturated heterocycles. The van der Waals surface area contributed by atoms with E-state index in [1.807, 2.05) is 36.7 Å². The molecule has 1 atom stereocenters. The second-order valence-electron chi connectivity index (χ2n) is 6.74. The lowest BCUT2D eigenvalue weighted by Gasteiger charge is -2.33. The zero-order valence-corrected chi connectivity index (χ0v) is 14.8. The van der Waals surface area contributed by atoms with Crippen molar-refractivity contribution in [1.29, 1.82) is 0 Å². The molecule has 1 aromatic heterocycles. The molecule has 2 aromatic rings. The maximum Gasteiger partial charge on any atom is 0.320 e. The fourth-order valence-electron chi connectivity index (χ4n) is 3.19. The molecule has 1 aromatic carbocycles. The second-order valence-corrected chi connectivity index (χ2v) is 6.74. The number of carboxylic acids is 1. The van der Waals surface area contributed by atoms with Crippen molar-refractivity contribution in [3.63, 3.8) is 0 Å². The molecule has 3 rings (SSSR count). The summed E-state index contributed by atoms with van der Waals surface area (Å²) in [5.41, 5.74) is 7.69. The Kier molecular flexibility index (Phi) is 6.07. The van der Waals surface area contributed by atoms with Crippen molar-refractivity contribution in [1.82, 2.24) is 4.98 Å². The number of carboxylic acid groups (broad SMARTS) is 1. The van der Waals surface area contributed by atoms with E-state index in [1.165, 1.54) is 5.69 Å². The standard InChI is InChI=1S/C20H25N3O3/c21-19(20(24)25)13-15-1-3-18(4-2-15)26-14-16-7-11-23(12-8-16)17-5-9-22-10-6-17/h1-6,9-10,16,19H,7-8,11-14,21H2,(H,24,25)/t19-/m0/s1. The highest BCUT2D eigenvalue weighted by atomic mass is 16.5. The van der Waals surface area contributed by atoms with E-state index < -0.39 is 12.0 Å². The molecule has 138 valence electrons. The van der Waals surface area contributed by atoms with Gasteiger partial charge < -0.3 is 20.5 Å². The van der Waals surface area contributed by atoms with Gasteiger partial charge in [-0.25, -0.2) is 0 Å². The highest BCUT2D eigenvalue weighted by Gasteiger charge is 2.20. The molecule has 0 radical (unpaired) electrons. The van der Waals surface area contributed by atoms with Crippen LogP contribution in [0.25, 0.3) is 0 Å². The average molecular weight is 355 g/mol. The van der Waals surface area contributed by atoms with Crippen molar-refractivity contribution in [2.75, 3.05) is 24.6 Å². The highest BCUT2D eigenvalue weighted by Crippen LogP contribution is 2.24. The van der Waals surface area contributed by atoms with E-state index in [4.69, 9.17) is 15.6 Å². The van der Waals surface area contributed by atoms with Gasteiger partial charge in [0, 0.05) is 31.2 Å². The first-order valence-electron chi connectivity index (χ1n) is 8.97. The minimum atomic E-state index is -0.983. The van der Waals surface area contributed by atoms with Gasteiger partial charge in [-0.15, -0.1) is 0 Å². The fraction of sp³-hybridized carbons (Fsp3) is 0.400. The molecule has 3 N–H and O–H groups in total. The Hall–Kier alpha value is -2.60. The number of benzene rings is 1. The van der Waals surface area contributed by atoms with Crippen LogP contribution in [0.5, 0.6) is 5.75 Å². The molecule has 1 aliphatic rings. The lowest BCUT2D eigenvalue weighted by Crippen LogP contribution is -2.35. The predicted octanol–water partition coefficient (Wildman–Crippen LogP) is 2.33. The van der Waals surface area contributed by atoms with Gasteiger partial charge in [0.15, 0.2) is 0 Å². The number of anilines is 1. The van der Waals surface area contributed by atoms with Gasteiger partial charge in [0.25, 0.3) is 0 Å². The number of aromatic nitrogens is 1. The molecule has 0 saturated carbocycles. The fourth-order valence-corrected chi connectivity index (χ4v) is 3.19. The minimum absolute atomic E-state index is 0.322. The van der Waals surface area contributed by atoms with Crippen molar-refractivity contribution in [2.24, 2.45) is 11.7 Å². The molecule has 0 spiro atoms. The van der Waals surface area contributed by atoms with Crippen LogP contribution in [-0.2, 0) is 11.2 Å². The van der Waals surface area contributed by atoms with Crippen LogP contribution >= 0.6 is 0 Å². The lowest BCUT2D eigenvalue weighted by molar-refractivity contribution is -0.138. The number of piperidine rings is 1. The minimum Gasteiger partial charge on any atom is -0.493 e. The van der Waals surface area contributed by atoms with Crippen molar-refractivity contribution >= 4 is 11.7 Å². The maximum atomic E-state index is 10.8. The molecule has 0 amide bonds. The van der Waals surface area contributed by atoms with E-state index in [1.54, 1.807) is 0 Å². The van der Waals surface area contributed by atoms with E-state index >= 15 is 0 Å². The number of hydrogen-bond acceptors (Lipinski definition) is 5. The molecule has 2 heterocycles. The molecule has 0 unspecified atom stereocenters. The van der Waals surface area contributed by atoms with Crippen molar-refractivity contribution in [3.05, 3.63) is 54.4 Å². The molecular formula is C20H25N3O3. The third-order valence-corrected chi connectivity index (χ3v) is 4.82. The van der Waals surface area contributed by atoms with Gasteiger partial charge in [-0.2, -0.15) is 0 Å². The SMILES string of the molecule is N[C@@H](Cc1ccc(OCC2CCN(c3ccncc3)CC2)cc1)C(=O)O. The molecular weight excluding hydrogens is 330 g/mol. The summed E-state index contributed by atoms with van der Waals surface area (Å²) in [5, 5.41) is 8.86. The average Bonchev–Trinajstić information content (AvgIpc) is 2.68. The van der Waals surface area contributed by atoms with Crippen LogP contribution < -0.4 is 15.4 Å². The summed E-state index contributed by atoms with van der Waals surface area (Å²) in [5.74, 6) is 0.380. The number of nitrogens with two attached hydrogens (primary N) is 1. The Morgan fingerprint density at radius 3 is 2.46 bits per heavy atom. The molecule has 0 bridgehead atoms. The van der Waals surface area contributed by atoms with Crippen LogP contribution in [0.4, 0.5) is 5.69 Å². The Bertz CT molecular complexity index is 698. The Morgan fingerprint density at radius 1 is 1.19 bits per heavy atom. The monoisotopic (exact) mass is 355 g/mol. The molecule has 6 nitrogen and oxygen atoms in total. The van der Waals surface area contributed by atoms with Crippen LogP contribution in [0.1, 0.15) is 18.4 Å². The Balaban J connectivity index is 1.43. The van der Waals surface area contributed by atoms with E-state index in [2.05, 4.69) is 22.0 Å². The van der Waals surface area contributed by atoms with Crippen LogP contribution in [0.15, 0.2) is 48.8 Å². The molecule has 6 heteroatoms. The predicted molar refractivity (Wildman–Crippen MR) is 100 cm³/mol. The van der Waals surface area contributed by atoms with Gasteiger partial charge in [0.2, 0.25) is 0 Å². The summed E-state index contributed by atoms with van der Waals surface area (Å²) in [6.07, 6.45) is 6.19. The number of nitrogens with zero attached hydrogens (tertiary/aromatic N) is 2. The van der Waals surface area contributed by atoms with Crippen LogP contribution in [-0.4, -0.2) is 41.8 Å². The van der Waals surface area contributed by atoms with Gasteiger partial charge in [-0.3, -0.25) is 9.78 Å². The Labute approximate surface area is 153 Å². The number of aliphatic carboxylic acids is 1. The molecule has 26 heavy (non-hydrogen) atoms. The topological polar surface area (TPSA) is 88.7 Å². The van der Waals surface area contributed by atoms with Gasteiger partial charge >= 0.3 is 5.97 Å². The third-order valence-electron chi connectivity index (χ3n) is 4.82. The van der Waals surface area contributed by atoms with Gasteiger partial charge in [0.1, 0.15) is 11.8 Å².